The van der Waals surface area contributed by atoms with Gasteiger partial charge < -0.3 is 0 Å². The highest BCUT2D eigenvalue weighted by Crippen LogP contribution is 2.64. The number of pyridine rings is 2. The lowest BCUT2D eigenvalue weighted by atomic mass is 9.81. The normalized spacial score (nSPS) is 12.0. The monoisotopic (exact) mass is 884 g/mol. The molecule has 0 unspecified atom stereocenters. The summed E-state index contributed by atoms with van der Waals surface area (Å²) in [6.07, 6.45) is 3.87. The summed E-state index contributed by atoms with van der Waals surface area (Å²) in [5.41, 5.74) is 23.9. The third kappa shape index (κ3) is 5.62. The van der Waals surface area contributed by atoms with Crippen molar-refractivity contribution in [3.05, 3.63) is 243 Å². The maximum Gasteiger partial charge on any atom is 0.0714 e. The Labute approximate surface area is 405 Å². The zero-order valence-corrected chi connectivity index (χ0v) is 38.0. The van der Waals surface area contributed by atoms with Gasteiger partial charge in [0.2, 0.25) is 0 Å². The van der Waals surface area contributed by atoms with E-state index in [-0.39, 0.29) is 0 Å². The highest BCUT2D eigenvalue weighted by atomic mass is 14.7. The van der Waals surface area contributed by atoms with E-state index in [9.17, 15) is 0 Å². The van der Waals surface area contributed by atoms with Crippen LogP contribution in [0.1, 0.15) is 0 Å². The quantitative estimate of drug-likeness (QED) is 0.156. The Morgan fingerprint density at radius 3 is 1.04 bits per heavy atom. The van der Waals surface area contributed by atoms with Crippen molar-refractivity contribution in [1.82, 2.24) is 9.97 Å². The Bertz CT molecular complexity index is 4310. The fourth-order valence-corrected chi connectivity index (χ4v) is 12.1. The molecule has 2 nitrogen and oxygen atoms in total. The first-order valence-corrected chi connectivity index (χ1v) is 24.1. The minimum absolute atomic E-state index is 0.969. The summed E-state index contributed by atoms with van der Waals surface area (Å²) in [6, 6.07) is 84.8. The molecule has 0 N–H and O–H groups in total. The highest BCUT2D eigenvalue weighted by molar-refractivity contribution is 6.35. The Morgan fingerprint density at radius 2 is 0.571 bits per heavy atom. The largest absolute Gasteiger partial charge is 0.256 e. The molecular weight excluding hydrogens is 845 g/mol. The van der Waals surface area contributed by atoms with Crippen LogP contribution in [0.5, 0.6) is 0 Å². The van der Waals surface area contributed by atoms with Crippen molar-refractivity contribution in [2.75, 3.05) is 0 Å². The van der Waals surface area contributed by atoms with E-state index in [1.54, 1.807) is 0 Å². The summed E-state index contributed by atoms with van der Waals surface area (Å²) in [4.78, 5) is 10.3. The van der Waals surface area contributed by atoms with E-state index >= 15 is 0 Å². The van der Waals surface area contributed by atoms with Crippen molar-refractivity contribution in [2.45, 2.75) is 0 Å². The van der Waals surface area contributed by atoms with Crippen LogP contribution >= 0.6 is 0 Å². The van der Waals surface area contributed by atoms with Crippen LogP contribution in [0.4, 0.5) is 0 Å². The highest BCUT2D eigenvalue weighted by Gasteiger charge is 2.37. The molecule has 2 heteroatoms. The van der Waals surface area contributed by atoms with Crippen LogP contribution in [0, 0.1) is 0 Å². The van der Waals surface area contributed by atoms with Crippen LogP contribution in [0.25, 0.3) is 155 Å². The summed E-state index contributed by atoms with van der Waals surface area (Å²) in [5.74, 6) is 0. The number of hydrogen-bond acceptors (Lipinski definition) is 2. The van der Waals surface area contributed by atoms with Crippen molar-refractivity contribution in [3.8, 4) is 112 Å². The molecule has 0 atom stereocenters. The molecule has 0 aliphatic heterocycles. The van der Waals surface area contributed by atoms with Gasteiger partial charge in [-0.3, -0.25) is 9.97 Å². The van der Waals surface area contributed by atoms with Crippen molar-refractivity contribution < 1.29 is 0 Å². The molecule has 2 aliphatic carbocycles. The summed E-state index contributed by atoms with van der Waals surface area (Å²) in [5, 5.41) is 9.83. The second kappa shape index (κ2) is 15.1. The minimum atomic E-state index is 0.969. The van der Waals surface area contributed by atoms with Crippen LogP contribution in [-0.2, 0) is 0 Å². The molecule has 322 valence electrons. The number of hydrogen-bond donors (Lipinski definition) is 0. The van der Waals surface area contributed by atoms with Gasteiger partial charge in [-0.2, -0.15) is 0 Å². The average molecular weight is 885 g/mol. The van der Waals surface area contributed by atoms with Gasteiger partial charge in [-0.1, -0.05) is 182 Å². The van der Waals surface area contributed by atoms with Crippen molar-refractivity contribution in [1.29, 1.82) is 0 Å². The average Bonchev–Trinajstić information content (AvgIpc) is 3.94. The predicted octanol–water partition coefficient (Wildman–Crippen LogP) is 18.4. The van der Waals surface area contributed by atoms with E-state index in [4.69, 9.17) is 9.97 Å². The van der Waals surface area contributed by atoms with E-state index in [2.05, 4.69) is 218 Å². The van der Waals surface area contributed by atoms with Gasteiger partial charge in [0.05, 0.1) is 11.4 Å². The molecule has 2 aliphatic rings. The van der Waals surface area contributed by atoms with Crippen LogP contribution in [0.2, 0.25) is 0 Å². The van der Waals surface area contributed by atoms with Crippen molar-refractivity contribution in [2.24, 2.45) is 0 Å². The number of benzene rings is 11. The molecule has 0 radical (unpaired) electrons. The van der Waals surface area contributed by atoms with Crippen LogP contribution in [-0.4, -0.2) is 9.97 Å². The van der Waals surface area contributed by atoms with Gasteiger partial charge in [-0.05, 0) is 170 Å². The number of fused-ring (bicyclic) bond motifs is 9. The molecule has 13 aromatic rings. The lowest BCUT2D eigenvalue weighted by Crippen LogP contribution is -1.96. The Kier molecular flexibility index (Phi) is 8.39. The Hall–Kier alpha value is -9.24. The lowest BCUT2D eigenvalue weighted by molar-refractivity contribution is 1.33. The first kappa shape index (κ1) is 38.8. The third-order valence-electron chi connectivity index (χ3n) is 15.0. The Balaban J connectivity index is 1.09. The molecule has 0 spiro atoms. The fourth-order valence-electron chi connectivity index (χ4n) is 12.1. The maximum atomic E-state index is 5.16. The maximum absolute atomic E-state index is 5.16. The summed E-state index contributed by atoms with van der Waals surface area (Å²) in [6.45, 7) is 0. The first-order chi connectivity index (χ1) is 34.8. The summed E-state index contributed by atoms with van der Waals surface area (Å²) in [7, 11) is 0. The molecule has 0 bridgehead atoms. The van der Waals surface area contributed by atoms with E-state index in [0.717, 1.165) is 11.4 Å². The molecule has 2 aromatic heterocycles. The standard InChI is InChI=1S/C68H40N2/c1-3-17-41(18-4-1)43-23-15-25-47(37-43)59-49-27-9-10-28-50(49)63(57-29-11-13-35-69-57)67-53-33-32-52-62-54(34-31-51(61(53)62)65(59)67)68-64(58-30-12-14-36-70-58)56-40-46-22-8-7-21-45(46)39-55(56)60(66(52)68)48-26-16-24-44(38-48)42-19-5-2-6-20-42/h1-40H. The third-order valence-corrected chi connectivity index (χ3v) is 15.0. The second-order valence-corrected chi connectivity index (χ2v) is 18.7. The zero-order chi connectivity index (χ0) is 45.9. The molecule has 2 heterocycles. The van der Waals surface area contributed by atoms with E-state index in [1.807, 2.05) is 24.5 Å². The SMILES string of the molecule is c1ccc(-c2cccc(-c3c4c(c(-c5ccccn5)c5ccccc35)-c3ccc5c6c(ccc-4c36)-c3c-5c(-c4cccc(-c5ccccc5)c4)c4cc5ccccc5cc4c3-c3ccccn3)c2)cc1. The van der Waals surface area contributed by atoms with Gasteiger partial charge in [0.25, 0.3) is 0 Å². The predicted molar refractivity (Wildman–Crippen MR) is 294 cm³/mol. The minimum Gasteiger partial charge on any atom is -0.256 e. The number of nitrogens with zero attached hydrogens (tertiary/aromatic N) is 2. The van der Waals surface area contributed by atoms with Crippen molar-refractivity contribution in [3.63, 3.8) is 0 Å². The van der Waals surface area contributed by atoms with Crippen LogP contribution < -0.4 is 0 Å². The first-order valence-electron chi connectivity index (χ1n) is 24.1. The molecule has 0 fully saturated rings. The summed E-state index contributed by atoms with van der Waals surface area (Å²) >= 11 is 0. The van der Waals surface area contributed by atoms with Gasteiger partial charge >= 0.3 is 0 Å². The van der Waals surface area contributed by atoms with E-state index in [1.165, 1.54) is 143 Å². The van der Waals surface area contributed by atoms with Crippen LogP contribution in [0.3, 0.4) is 0 Å². The molecule has 0 saturated carbocycles. The number of aromatic nitrogens is 2. The fraction of sp³-hybridized carbons (Fsp3) is 0. The topological polar surface area (TPSA) is 25.8 Å². The molecule has 15 rings (SSSR count). The zero-order valence-electron chi connectivity index (χ0n) is 38.0. The molecule has 11 aromatic carbocycles. The molecular formula is C68H40N2. The van der Waals surface area contributed by atoms with Gasteiger partial charge in [0.1, 0.15) is 0 Å². The van der Waals surface area contributed by atoms with Gasteiger partial charge in [-0.15, -0.1) is 0 Å². The number of rotatable bonds is 6. The van der Waals surface area contributed by atoms with E-state index in [0.29, 0.717) is 0 Å². The smallest absolute Gasteiger partial charge is 0.0714 e. The molecule has 0 saturated heterocycles. The summed E-state index contributed by atoms with van der Waals surface area (Å²) < 4.78 is 0. The van der Waals surface area contributed by atoms with Crippen LogP contribution in [0.15, 0.2) is 243 Å². The molecule has 0 amide bonds. The lowest BCUT2D eigenvalue weighted by Gasteiger charge is -2.21. The van der Waals surface area contributed by atoms with Crippen molar-refractivity contribution >= 4 is 43.1 Å². The van der Waals surface area contributed by atoms with Gasteiger partial charge in [0, 0.05) is 34.6 Å². The Morgan fingerprint density at radius 1 is 0.214 bits per heavy atom. The molecule has 70 heavy (non-hydrogen) atoms. The van der Waals surface area contributed by atoms with Gasteiger partial charge in [0.15, 0.2) is 0 Å². The second-order valence-electron chi connectivity index (χ2n) is 18.7. The van der Waals surface area contributed by atoms with E-state index < -0.39 is 0 Å². The van der Waals surface area contributed by atoms with Gasteiger partial charge in [-0.25, -0.2) is 0 Å².